The average Bonchev–Trinajstić information content (AvgIpc) is 2.33. The number of rotatable bonds is 5. The van der Waals surface area contributed by atoms with Crippen molar-refractivity contribution in [1.82, 2.24) is 0 Å². The second-order valence-corrected chi connectivity index (χ2v) is 4.60. The summed E-state index contributed by atoms with van der Waals surface area (Å²) in [5.41, 5.74) is 1.58. The van der Waals surface area contributed by atoms with Crippen LogP contribution in [-0.4, -0.2) is 24.7 Å². The lowest BCUT2D eigenvalue weighted by atomic mass is 10.0. The van der Waals surface area contributed by atoms with E-state index in [4.69, 9.17) is 11.6 Å². The summed E-state index contributed by atoms with van der Waals surface area (Å²) < 4.78 is 5.42. The minimum Gasteiger partial charge on any atom is -0.469 e. The number of ether oxygens (including phenoxy) is 1. The number of carbonyl (C=O) groups excluding carboxylic acids is 2. The number of benzene rings is 1. The first kappa shape index (κ1) is 14.2. The van der Waals surface area contributed by atoms with Gasteiger partial charge in [-0.3, -0.25) is 9.59 Å². The smallest absolute Gasteiger partial charge is 0.309 e. The maximum atomic E-state index is 11.4. The Morgan fingerprint density at radius 3 is 2.65 bits per heavy atom. The van der Waals surface area contributed by atoms with E-state index >= 15 is 0 Å². The number of hydrogen-bond donors (Lipinski definition) is 0. The van der Waals surface area contributed by atoms with Gasteiger partial charge in [0.2, 0.25) is 0 Å². The van der Waals surface area contributed by atoms with Gasteiger partial charge in [-0.2, -0.15) is 0 Å². The van der Waals surface area contributed by atoms with Crippen LogP contribution in [0.15, 0.2) is 22.7 Å². The molecule has 0 aliphatic rings. The van der Waals surface area contributed by atoms with Crippen molar-refractivity contribution >= 4 is 39.3 Å². The van der Waals surface area contributed by atoms with E-state index in [1.54, 1.807) is 6.07 Å². The molecular formula is C12H12BrClO3. The molecular weight excluding hydrogens is 307 g/mol. The van der Waals surface area contributed by atoms with Gasteiger partial charge < -0.3 is 4.74 Å². The molecule has 0 fully saturated rings. The fourth-order valence-corrected chi connectivity index (χ4v) is 2.08. The van der Waals surface area contributed by atoms with Crippen molar-refractivity contribution in [2.45, 2.75) is 12.8 Å². The molecule has 3 nitrogen and oxygen atoms in total. The highest BCUT2D eigenvalue weighted by atomic mass is 79.9. The normalized spacial score (nSPS) is 10.1. The van der Waals surface area contributed by atoms with Gasteiger partial charge in [0.05, 0.1) is 19.4 Å². The molecule has 92 valence electrons. The summed E-state index contributed by atoms with van der Waals surface area (Å²) >= 11 is 8.85. The zero-order valence-electron chi connectivity index (χ0n) is 9.33. The van der Waals surface area contributed by atoms with Crippen molar-refractivity contribution in [3.8, 4) is 0 Å². The van der Waals surface area contributed by atoms with Crippen molar-refractivity contribution in [1.29, 1.82) is 0 Å². The van der Waals surface area contributed by atoms with Crippen molar-refractivity contribution in [3.63, 3.8) is 0 Å². The third-order valence-corrected chi connectivity index (χ3v) is 3.34. The first-order chi connectivity index (χ1) is 8.08. The number of methoxy groups -OCH3 is 1. The Hall–Kier alpha value is -0.870. The van der Waals surface area contributed by atoms with Gasteiger partial charge >= 0.3 is 5.97 Å². The molecule has 0 heterocycles. The van der Waals surface area contributed by atoms with E-state index in [0.29, 0.717) is 0 Å². The predicted molar refractivity (Wildman–Crippen MR) is 69.3 cm³/mol. The van der Waals surface area contributed by atoms with Gasteiger partial charge in [0, 0.05) is 10.9 Å². The van der Waals surface area contributed by atoms with Crippen LogP contribution in [0.25, 0.3) is 0 Å². The predicted octanol–water partition coefficient (Wildman–Crippen LogP) is 2.52. The van der Waals surface area contributed by atoms with E-state index in [1.165, 1.54) is 7.11 Å². The molecule has 0 saturated heterocycles. The Bertz CT molecular complexity index is 432. The first-order valence-electron chi connectivity index (χ1n) is 4.99. The fourth-order valence-electron chi connectivity index (χ4n) is 1.44. The molecule has 0 aromatic heterocycles. The van der Waals surface area contributed by atoms with Crippen LogP contribution in [0.4, 0.5) is 0 Å². The summed E-state index contributed by atoms with van der Waals surface area (Å²) in [6.07, 6.45) is 0.373. The standard InChI is InChI=1S/C12H12BrClO3/c1-17-12(16)5-8-3-2-4-11(13)10(8)6-9(15)7-14/h2-4H,5-7H2,1H3. The van der Waals surface area contributed by atoms with E-state index in [1.807, 2.05) is 12.1 Å². The quantitative estimate of drug-likeness (QED) is 0.619. The van der Waals surface area contributed by atoms with Gasteiger partial charge in [-0.1, -0.05) is 28.1 Å². The Morgan fingerprint density at radius 1 is 1.35 bits per heavy atom. The molecule has 0 atom stereocenters. The lowest BCUT2D eigenvalue weighted by Gasteiger charge is -2.09. The van der Waals surface area contributed by atoms with E-state index < -0.39 is 0 Å². The summed E-state index contributed by atoms with van der Waals surface area (Å²) in [4.78, 5) is 22.6. The van der Waals surface area contributed by atoms with Crippen molar-refractivity contribution in [2.24, 2.45) is 0 Å². The molecule has 1 aromatic rings. The van der Waals surface area contributed by atoms with E-state index in [0.717, 1.165) is 15.6 Å². The van der Waals surface area contributed by atoms with Crippen LogP contribution in [0.3, 0.4) is 0 Å². The monoisotopic (exact) mass is 318 g/mol. The summed E-state index contributed by atoms with van der Waals surface area (Å²) in [7, 11) is 1.34. The molecule has 1 aromatic carbocycles. The molecule has 0 amide bonds. The highest BCUT2D eigenvalue weighted by Crippen LogP contribution is 2.22. The van der Waals surface area contributed by atoms with Crippen LogP contribution in [0.5, 0.6) is 0 Å². The number of alkyl halides is 1. The second kappa shape index (κ2) is 6.77. The molecule has 1 rings (SSSR count). The number of halogens is 2. The van der Waals surface area contributed by atoms with Gasteiger partial charge in [-0.25, -0.2) is 0 Å². The molecule has 0 aliphatic carbocycles. The van der Waals surface area contributed by atoms with Crippen molar-refractivity contribution < 1.29 is 14.3 Å². The lowest BCUT2D eigenvalue weighted by Crippen LogP contribution is -2.11. The van der Waals surface area contributed by atoms with E-state index in [-0.39, 0.29) is 30.5 Å². The minimum absolute atomic E-state index is 0.0288. The van der Waals surface area contributed by atoms with Crippen LogP contribution >= 0.6 is 27.5 Å². The van der Waals surface area contributed by atoms with Gasteiger partial charge in [0.15, 0.2) is 5.78 Å². The maximum Gasteiger partial charge on any atom is 0.309 e. The highest BCUT2D eigenvalue weighted by Gasteiger charge is 2.13. The molecule has 0 aliphatic heterocycles. The fraction of sp³-hybridized carbons (Fsp3) is 0.333. The molecule has 0 radical (unpaired) electrons. The van der Waals surface area contributed by atoms with Gasteiger partial charge in [0.1, 0.15) is 0 Å². The molecule has 0 saturated carbocycles. The SMILES string of the molecule is COC(=O)Cc1cccc(Br)c1CC(=O)CCl. The molecule has 0 bridgehead atoms. The Labute approximate surface area is 113 Å². The topological polar surface area (TPSA) is 43.4 Å². The average molecular weight is 320 g/mol. The van der Waals surface area contributed by atoms with Crippen LogP contribution in [0.2, 0.25) is 0 Å². The number of hydrogen-bond acceptors (Lipinski definition) is 3. The third-order valence-electron chi connectivity index (χ3n) is 2.30. The maximum absolute atomic E-state index is 11.4. The number of esters is 1. The van der Waals surface area contributed by atoms with Crippen molar-refractivity contribution in [3.05, 3.63) is 33.8 Å². The molecule has 0 unspecified atom stereocenters. The largest absolute Gasteiger partial charge is 0.469 e. The summed E-state index contributed by atoms with van der Waals surface area (Å²) in [6, 6.07) is 5.45. The first-order valence-corrected chi connectivity index (χ1v) is 6.32. The summed E-state index contributed by atoms with van der Waals surface area (Å²) in [5, 5.41) is 0. The zero-order valence-corrected chi connectivity index (χ0v) is 11.7. The van der Waals surface area contributed by atoms with Crippen LogP contribution in [0.1, 0.15) is 11.1 Å². The van der Waals surface area contributed by atoms with E-state index in [2.05, 4.69) is 20.7 Å². The van der Waals surface area contributed by atoms with E-state index in [9.17, 15) is 9.59 Å². The van der Waals surface area contributed by atoms with Crippen molar-refractivity contribution in [2.75, 3.05) is 13.0 Å². The molecule has 0 spiro atoms. The Morgan fingerprint density at radius 2 is 2.06 bits per heavy atom. The second-order valence-electron chi connectivity index (χ2n) is 3.48. The Balaban J connectivity index is 2.99. The zero-order chi connectivity index (χ0) is 12.8. The van der Waals surface area contributed by atoms with Crippen LogP contribution in [0, 0.1) is 0 Å². The minimum atomic E-state index is -0.331. The lowest BCUT2D eigenvalue weighted by molar-refractivity contribution is -0.139. The van der Waals surface area contributed by atoms with Gasteiger partial charge in [-0.15, -0.1) is 11.6 Å². The third kappa shape index (κ3) is 4.13. The molecule has 0 N–H and O–H groups in total. The number of ketones is 1. The molecule has 5 heteroatoms. The number of carbonyl (C=O) groups is 2. The van der Waals surface area contributed by atoms with Crippen LogP contribution < -0.4 is 0 Å². The summed E-state index contributed by atoms with van der Waals surface area (Å²) in [5.74, 6) is -0.439. The summed E-state index contributed by atoms with van der Waals surface area (Å²) in [6.45, 7) is 0. The molecule has 17 heavy (non-hydrogen) atoms. The van der Waals surface area contributed by atoms with Gasteiger partial charge in [0.25, 0.3) is 0 Å². The Kier molecular flexibility index (Phi) is 5.65. The van der Waals surface area contributed by atoms with Crippen LogP contribution in [-0.2, 0) is 27.2 Å². The highest BCUT2D eigenvalue weighted by molar-refractivity contribution is 9.10. The number of Topliss-reactive ketones (excluding diaryl/α,β-unsaturated/α-hetero) is 1. The van der Waals surface area contributed by atoms with Gasteiger partial charge in [-0.05, 0) is 17.2 Å².